The van der Waals surface area contributed by atoms with E-state index >= 15 is 0 Å². The van der Waals surface area contributed by atoms with E-state index in [-0.39, 0.29) is 5.91 Å². The number of anilines is 1. The number of hydrogen-bond donors (Lipinski definition) is 1. The summed E-state index contributed by atoms with van der Waals surface area (Å²) in [6.07, 6.45) is 3.08. The summed E-state index contributed by atoms with van der Waals surface area (Å²) >= 11 is 0. The molecule has 1 aromatic carbocycles. The Labute approximate surface area is 102 Å². The van der Waals surface area contributed by atoms with Crippen LogP contribution in [0.15, 0.2) is 29.8 Å². The van der Waals surface area contributed by atoms with Gasteiger partial charge in [0.05, 0.1) is 0 Å². The first-order valence-corrected chi connectivity index (χ1v) is 5.89. The van der Waals surface area contributed by atoms with Gasteiger partial charge in [0, 0.05) is 24.3 Å². The third-order valence-electron chi connectivity index (χ3n) is 3.33. The summed E-state index contributed by atoms with van der Waals surface area (Å²) in [5.41, 5.74) is 9.47. The smallest absolute Gasteiger partial charge is 0.254 e. The van der Waals surface area contributed by atoms with Gasteiger partial charge < -0.3 is 10.6 Å². The van der Waals surface area contributed by atoms with Gasteiger partial charge in [0.2, 0.25) is 0 Å². The Morgan fingerprint density at radius 3 is 2.76 bits per heavy atom. The number of rotatable bonds is 1. The molecule has 1 aliphatic heterocycles. The monoisotopic (exact) mass is 230 g/mol. The van der Waals surface area contributed by atoms with E-state index in [0.29, 0.717) is 12.2 Å². The van der Waals surface area contributed by atoms with Crippen LogP contribution in [0.2, 0.25) is 0 Å². The number of benzene rings is 1. The quantitative estimate of drug-likeness (QED) is 0.594. The number of hydrogen-bond acceptors (Lipinski definition) is 2. The predicted octanol–water partition coefficient (Wildman–Crippen LogP) is 2.37. The molecule has 0 bridgehead atoms. The zero-order valence-corrected chi connectivity index (χ0v) is 10.4. The first-order valence-electron chi connectivity index (χ1n) is 5.89. The summed E-state index contributed by atoms with van der Waals surface area (Å²) in [5, 5.41) is 0. The minimum Gasteiger partial charge on any atom is -0.398 e. The fourth-order valence-electron chi connectivity index (χ4n) is 2.01. The van der Waals surface area contributed by atoms with Crippen molar-refractivity contribution >= 4 is 11.6 Å². The molecule has 3 nitrogen and oxygen atoms in total. The van der Waals surface area contributed by atoms with Gasteiger partial charge in [0.15, 0.2) is 0 Å². The van der Waals surface area contributed by atoms with Crippen LogP contribution in [0.1, 0.15) is 29.3 Å². The lowest BCUT2D eigenvalue weighted by molar-refractivity contribution is 0.0768. The Bertz CT molecular complexity index is 477. The van der Waals surface area contributed by atoms with Gasteiger partial charge in [-0.25, -0.2) is 0 Å². The topological polar surface area (TPSA) is 46.3 Å². The average Bonchev–Trinajstić information content (AvgIpc) is 2.33. The van der Waals surface area contributed by atoms with E-state index < -0.39 is 0 Å². The van der Waals surface area contributed by atoms with Crippen molar-refractivity contribution in [2.45, 2.75) is 20.3 Å². The summed E-state index contributed by atoms with van der Waals surface area (Å²) in [5.74, 6) is 0.0820. The predicted molar refractivity (Wildman–Crippen MR) is 69.9 cm³/mol. The van der Waals surface area contributed by atoms with Crippen molar-refractivity contribution < 1.29 is 4.79 Å². The molecule has 0 aliphatic carbocycles. The minimum absolute atomic E-state index is 0.0820. The van der Waals surface area contributed by atoms with Gasteiger partial charge in [0.1, 0.15) is 0 Å². The fourth-order valence-corrected chi connectivity index (χ4v) is 2.01. The molecular formula is C14H18N2O. The number of nitrogen functional groups attached to an aromatic ring is 1. The number of carbonyl (C=O) groups excluding carboxylic acids is 1. The van der Waals surface area contributed by atoms with E-state index in [0.717, 1.165) is 24.1 Å². The first-order chi connectivity index (χ1) is 8.09. The van der Waals surface area contributed by atoms with Gasteiger partial charge in [0.25, 0.3) is 5.91 Å². The third-order valence-corrected chi connectivity index (χ3v) is 3.33. The number of amides is 1. The van der Waals surface area contributed by atoms with E-state index in [9.17, 15) is 4.79 Å². The molecule has 1 heterocycles. The SMILES string of the molecule is CC1=CCN(C(=O)c2cccc(N)c2C)CC1. The van der Waals surface area contributed by atoms with E-state index in [4.69, 9.17) is 5.73 Å². The number of carbonyl (C=O) groups is 1. The molecule has 1 aliphatic rings. The molecule has 0 saturated carbocycles. The largest absolute Gasteiger partial charge is 0.398 e. The normalized spacial score (nSPS) is 15.6. The van der Waals surface area contributed by atoms with Crippen molar-refractivity contribution in [3.05, 3.63) is 41.0 Å². The molecule has 0 saturated heterocycles. The molecule has 0 atom stereocenters. The van der Waals surface area contributed by atoms with Gasteiger partial charge in [-0.1, -0.05) is 17.7 Å². The van der Waals surface area contributed by atoms with Crippen molar-refractivity contribution in [2.75, 3.05) is 18.8 Å². The lowest BCUT2D eigenvalue weighted by Crippen LogP contribution is -2.35. The molecule has 1 aromatic rings. The zero-order valence-electron chi connectivity index (χ0n) is 10.4. The highest BCUT2D eigenvalue weighted by molar-refractivity contribution is 5.97. The minimum atomic E-state index is 0.0820. The second-order valence-electron chi connectivity index (χ2n) is 4.57. The molecule has 0 aromatic heterocycles. The summed E-state index contributed by atoms with van der Waals surface area (Å²) in [4.78, 5) is 14.2. The van der Waals surface area contributed by atoms with Crippen LogP contribution in [-0.4, -0.2) is 23.9 Å². The number of nitrogens with two attached hydrogens (primary N) is 1. The van der Waals surface area contributed by atoms with E-state index in [1.807, 2.05) is 30.0 Å². The summed E-state index contributed by atoms with van der Waals surface area (Å²) in [6, 6.07) is 5.51. The standard InChI is InChI=1S/C14H18N2O/c1-10-6-8-16(9-7-10)14(17)12-4-3-5-13(15)11(12)2/h3-6H,7-9,15H2,1-2H3. The molecule has 0 fully saturated rings. The summed E-state index contributed by atoms with van der Waals surface area (Å²) in [7, 11) is 0. The molecule has 17 heavy (non-hydrogen) atoms. The first kappa shape index (κ1) is 11.7. The molecule has 90 valence electrons. The van der Waals surface area contributed by atoms with Crippen molar-refractivity contribution in [1.82, 2.24) is 4.90 Å². The Morgan fingerprint density at radius 1 is 1.35 bits per heavy atom. The van der Waals surface area contributed by atoms with Crippen molar-refractivity contribution in [3.63, 3.8) is 0 Å². The Balaban J connectivity index is 2.23. The summed E-state index contributed by atoms with van der Waals surface area (Å²) in [6.45, 7) is 5.51. The van der Waals surface area contributed by atoms with Gasteiger partial charge in [-0.3, -0.25) is 4.79 Å². The fraction of sp³-hybridized carbons (Fsp3) is 0.357. The average molecular weight is 230 g/mol. The number of nitrogens with zero attached hydrogens (tertiary/aromatic N) is 1. The van der Waals surface area contributed by atoms with Crippen molar-refractivity contribution in [1.29, 1.82) is 0 Å². The van der Waals surface area contributed by atoms with Gasteiger partial charge in [-0.15, -0.1) is 0 Å². The van der Waals surface area contributed by atoms with Crippen LogP contribution in [0.4, 0.5) is 5.69 Å². The maximum atomic E-state index is 12.3. The Kier molecular flexibility index (Phi) is 3.18. The van der Waals surface area contributed by atoms with E-state index in [1.165, 1.54) is 5.57 Å². The molecule has 1 amide bonds. The third kappa shape index (κ3) is 2.33. The van der Waals surface area contributed by atoms with Gasteiger partial charge >= 0.3 is 0 Å². The maximum Gasteiger partial charge on any atom is 0.254 e. The Morgan fingerprint density at radius 2 is 2.12 bits per heavy atom. The lowest BCUT2D eigenvalue weighted by Gasteiger charge is -2.26. The highest BCUT2D eigenvalue weighted by Crippen LogP contribution is 2.19. The highest BCUT2D eigenvalue weighted by Gasteiger charge is 2.19. The van der Waals surface area contributed by atoms with Crippen LogP contribution in [0.3, 0.4) is 0 Å². The van der Waals surface area contributed by atoms with Gasteiger partial charge in [-0.2, -0.15) is 0 Å². The van der Waals surface area contributed by atoms with Crippen LogP contribution < -0.4 is 5.73 Å². The molecule has 0 spiro atoms. The van der Waals surface area contributed by atoms with Crippen LogP contribution in [-0.2, 0) is 0 Å². The van der Waals surface area contributed by atoms with E-state index in [1.54, 1.807) is 0 Å². The van der Waals surface area contributed by atoms with Crippen LogP contribution in [0.25, 0.3) is 0 Å². The second kappa shape index (κ2) is 4.62. The lowest BCUT2D eigenvalue weighted by atomic mass is 10.0. The molecule has 0 unspecified atom stereocenters. The van der Waals surface area contributed by atoms with E-state index in [2.05, 4.69) is 13.0 Å². The molecule has 2 rings (SSSR count). The van der Waals surface area contributed by atoms with Crippen molar-refractivity contribution in [3.8, 4) is 0 Å². The maximum absolute atomic E-state index is 12.3. The van der Waals surface area contributed by atoms with Crippen LogP contribution in [0.5, 0.6) is 0 Å². The molecule has 0 radical (unpaired) electrons. The summed E-state index contributed by atoms with van der Waals surface area (Å²) < 4.78 is 0. The van der Waals surface area contributed by atoms with Gasteiger partial charge in [-0.05, 0) is 38.0 Å². The molecule has 3 heteroatoms. The second-order valence-corrected chi connectivity index (χ2v) is 4.57. The van der Waals surface area contributed by atoms with Crippen LogP contribution >= 0.6 is 0 Å². The molecular weight excluding hydrogens is 212 g/mol. The zero-order chi connectivity index (χ0) is 12.4. The van der Waals surface area contributed by atoms with Crippen molar-refractivity contribution in [2.24, 2.45) is 0 Å². The Hall–Kier alpha value is -1.77. The highest BCUT2D eigenvalue weighted by atomic mass is 16.2. The van der Waals surface area contributed by atoms with Crippen LogP contribution in [0, 0.1) is 6.92 Å². The molecule has 2 N–H and O–H groups in total.